The maximum atomic E-state index is 10.9. The Labute approximate surface area is 83.9 Å². The lowest BCUT2D eigenvalue weighted by Gasteiger charge is -1.89. The van der Waals surface area contributed by atoms with E-state index in [2.05, 4.69) is 0 Å². The monoisotopic (exact) mass is 211 g/mol. The molecule has 0 saturated heterocycles. The Kier molecular flexibility index (Phi) is 1.98. The minimum absolute atomic E-state index is 0.405. The number of primary amides is 1. The number of thiophene rings is 1. The van der Waals surface area contributed by atoms with E-state index >= 15 is 0 Å². The summed E-state index contributed by atoms with van der Waals surface area (Å²) in [6.07, 6.45) is 0. The minimum Gasteiger partial charge on any atom is -0.365 e. The molecule has 0 fully saturated rings. The summed E-state index contributed by atoms with van der Waals surface area (Å²) in [6.45, 7) is 0. The lowest BCUT2D eigenvalue weighted by molar-refractivity contribution is 0.100. The SMILES string of the molecule is NC(=O)c1cc2c(Cl)cccc2s1. The van der Waals surface area contributed by atoms with Crippen molar-refractivity contribution < 1.29 is 4.79 Å². The van der Waals surface area contributed by atoms with Gasteiger partial charge in [-0.15, -0.1) is 11.3 Å². The van der Waals surface area contributed by atoms with Crippen LogP contribution in [-0.4, -0.2) is 5.91 Å². The standard InChI is InChI=1S/C9H6ClNOS/c10-6-2-1-3-7-5(6)4-8(13-7)9(11)12/h1-4H,(H2,11,12). The molecule has 0 aliphatic carbocycles. The van der Waals surface area contributed by atoms with Gasteiger partial charge in [-0.3, -0.25) is 4.79 Å². The number of halogens is 1. The Balaban J connectivity index is 2.75. The largest absolute Gasteiger partial charge is 0.365 e. The average Bonchev–Trinajstić information content (AvgIpc) is 2.49. The van der Waals surface area contributed by atoms with Crippen LogP contribution in [0.3, 0.4) is 0 Å². The second-order valence-electron chi connectivity index (χ2n) is 2.63. The maximum absolute atomic E-state index is 10.9. The van der Waals surface area contributed by atoms with Crippen LogP contribution < -0.4 is 5.73 Å². The van der Waals surface area contributed by atoms with E-state index in [0.29, 0.717) is 9.90 Å². The molecule has 0 spiro atoms. The second-order valence-corrected chi connectivity index (χ2v) is 4.12. The smallest absolute Gasteiger partial charge is 0.258 e. The van der Waals surface area contributed by atoms with Gasteiger partial charge in [-0.2, -0.15) is 0 Å². The summed E-state index contributed by atoms with van der Waals surface area (Å²) in [4.78, 5) is 11.4. The van der Waals surface area contributed by atoms with Crippen molar-refractivity contribution in [2.75, 3.05) is 0 Å². The molecule has 1 amide bonds. The molecule has 1 heterocycles. The van der Waals surface area contributed by atoms with Crippen LogP contribution in [-0.2, 0) is 0 Å². The number of rotatable bonds is 1. The highest BCUT2D eigenvalue weighted by Gasteiger charge is 2.07. The fourth-order valence-corrected chi connectivity index (χ4v) is 2.37. The zero-order chi connectivity index (χ0) is 9.42. The predicted octanol–water partition coefficient (Wildman–Crippen LogP) is 2.65. The zero-order valence-electron chi connectivity index (χ0n) is 6.58. The molecule has 66 valence electrons. The van der Waals surface area contributed by atoms with Gasteiger partial charge in [-0.1, -0.05) is 17.7 Å². The van der Waals surface area contributed by atoms with Crippen LogP contribution >= 0.6 is 22.9 Å². The van der Waals surface area contributed by atoms with Gasteiger partial charge in [0.1, 0.15) is 0 Å². The van der Waals surface area contributed by atoms with Gasteiger partial charge in [0.2, 0.25) is 0 Å². The van der Waals surface area contributed by atoms with Crippen molar-refractivity contribution in [2.24, 2.45) is 5.73 Å². The first kappa shape index (κ1) is 8.53. The summed E-state index contributed by atoms with van der Waals surface area (Å²) in [7, 11) is 0. The first-order valence-corrected chi connectivity index (χ1v) is 4.86. The number of carbonyl (C=O) groups excluding carboxylic acids is 1. The quantitative estimate of drug-likeness (QED) is 0.774. The summed E-state index contributed by atoms with van der Waals surface area (Å²) < 4.78 is 0.987. The first-order chi connectivity index (χ1) is 6.18. The van der Waals surface area contributed by atoms with Crippen molar-refractivity contribution in [1.29, 1.82) is 0 Å². The van der Waals surface area contributed by atoms with Crippen LogP contribution in [0.15, 0.2) is 24.3 Å². The lowest BCUT2D eigenvalue weighted by Crippen LogP contribution is -2.07. The molecular formula is C9H6ClNOS. The van der Waals surface area contributed by atoms with Crippen LogP contribution in [0.25, 0.3) is 10.1 Å². The third-order valence-corrected chi connectivity index (χ3v) is 3.20. The predicted molar refractivity (Wildman–Crippen MR) is 55.4 cm³/mol. The topological polar surface area (TPSA) is 43.1 Å². The highest BCUT2D eigenvalue weighted by molar-refractivity contribution is 7.20. The highest BCUT2D eigenvalue weighted by atomic mass is 35.5. The molecule has 0 unspecified atom stereocenters. The maximum Gasteiger partial charge on any atom is 0.258 e. The Morgan fingerprint density at radius 2 is 2.23 bits per heavy atom. The van der Waals surface area contributed by atoms with E-state index in [1.807, 2.05) is 12.1 Å². The number of fused-ring (bicyclic) bond motifs is 1. The minimum atomic E-state index is -0.405. The Hall–Kier alpha value is -1.06. The summed E-state index contributed by atoms with van der Waals surface area (Å²) in [5.74, 6) is -0.405. The molecule has 4 heteroatoms. The van der Waals surface area contributed by atoms with Crippen LogP contribution in [0.1, 0.15) is 9.67 Å². The van der Waals surface area contributed by atoms with Crippen LogP contribution in [0.5, 0.6) is 0 Å². The molecule has 0 aliphatic heterocycles. The van der Waals surface area contributed by atoms with Crippen molar-refractivity contribution in [3.8, 4) is 0 Å². The molecule has 13 heavy (non-hydrogen) atoms. The lowest BCUT2D eigenvalue weighted by atomic mass is 10.2. The number of nitrogens with two attached hydrogens (primary N) is 1. The first-order valence-electron chi connectivity index (χ1n) is 3.66. The second kappa shape index (κ2) is 3.01. The average molecular weight is 212 g/mol. The third-order valence-electron chi connectivity index (χ3n) is 1.75. The number of hydrogen-bond acceptors (Lipinski definition) is 2. The molecule has 0 saturated carbocycles. The van der Waals surface area contributed by atoms with Gasteiger partial charge in [0.15, 0.2) is 0 Å². The molecule has 2 aromatic rings. The summed E-state index contributed by atoms with van der Waals surface area (Å²) >= 11 is 7.29. The number of amides is 1. The van der Waals surface area contributed by atoms with Crippen molar-refractivity contribution >= 4 is 38.9 Å². The van der Waals surface area contributed by atoms with E-state index < -0.39 is 5.91 Å². The third kappa shape index (κ3) is 1.41. The van der Waals surface area contributed by atoms with Gasteiger partial charge in [0, 0.05) is 15.1 Å². The van der Waals surface area contributed by atoms with E-state index in [9.17, 15) is 4.79 Å². The Morgan fingerprint density at radius 3 is 2.85 bits per heavy atom. The molecular weight excluding hydrogens is 206 g/mol. The number of carbonyl (C=O) groups is 1. The van der Waals surface area contributed by atoms with Gasteiger partial charge < -0.3 is 5.73 Å². The normalized spacial score (nSPS) is 10.5. The van der Waals surface area contributed by atoms with Gasteiger partial charge in [-0.25, -0.2) is 0 Å². The molecule has 2 N–H and O–H groups in total. The molecule has 0 atom stereocenters. The van der Waals surface area contributed by atoms with Crippen LogP contribution in [0.2, 0.25) is 5.02 Å². The fourth-order valence-electron chi connectivity index (χ4n) is 1.15. The Morgan fingerprint density at radius 1 is 1.46 bits per heavy atom. The molecule has 2 rings (SSSR count). The summed E-state index contributed by atoms with van der Waals surface area (Å²) in [5.41, 5.74) is 5.16. The zero-order valence-corrected chi connectivity index (χ0v) is 8.15. The molecule has 0 radical (unpaired) electrons. The molecule has 2 nitrogen and oxygen atoms in total. The van der Waals surface area contributed by atoms with E-state index in [0.717, 1.165) is 10.1 Å². The van der Waals surface area contributed by atoms with Crippen LogP contribution in [0.4, 0.5) is 0 Å². The van der Waals surface area contributed by atoms with Gasteiger partial charge >= 0.3 is 0 Å². The van der Waals surface area contributed by atoms with Crippen molar-refractivity contribution in [1.82, 2.24) is 0 Å². The number of benzene rings is 1. The molecule has 1 aromatic carbocycles. The molecule has 1 aromatic heterocycles. The molecule has 0 bridgehead atoms. The fraction of sp³-hybridized carbons (Fsp3) is 0. The highest BCUT2D eigenvalue weighted by Crippen LogP contribution is 2.30. The number of hydrogen-bond donors (Lipinski definition) is 1. The van der Waals surface area contributed by atoms with Gasteiger partial charge in [-0.05, 0) is 18.2 Å². The van der Waals surface area contributed by atoms with Crippen LogP contribution in [0, 0.1) is 0 Å². The molecule has 0 aliphatic rings. The van der Waals surface area contributed by atoms with E-state index in [-0.39, 0.29) is 0 Å². The van der Waals surface area contributed by atoms with Crippen molar-refractivity contribution in [3.05, 3.63) is 34.2 Å². The van der Waals surface area contributed by atoms with Crippen molar-refractivity contribution in [3.63, 3.8) is 0 Å². The van der Waals surface area contributed by atoms with E-state index in [1.165, 1.54) is 11.3 Å². The Bertz CT molecular complexity index is 477. The van der Waals surface area contributed by atoms with Gasteiger partial charge in [0.05, 0.1) is 4.88 Å². The summed E-state index contributed by atoms with van der Waals surface area (Å²) in [6, 6.07) is 7.29. The van der Waals surface area contributed by atoms with Gasteiger partial charge in [0.25, 0.3) is 5.91 Å². The van der Waals surface area contributed by atoms with E-state index in [1.54, 1.807) is 12.1 Å². The van der Waals surface area contributed by atoms with E-state index in [4.69, 9.17) is 17.3 Å². The summed E-state index contributed by atoms with van der Waals surface area (Å²) in [5, 5.41) is 1.55. The van der Waals surface area contributed by atoms with Crippen molar-refractivity contribution in [2.45, 2.75) is 0 Å².